The van der Waals surface area contributed by atoms with Crippen molar-refractivity contribution in [3.63, 3.8) is 0 Å². The van der Waals surface area contributed by atoms with E-state index in [9.17, 15) is 0 Å². The molecule has 0 aliphatic carbocycles. The minimum atomic E-state index is 0.734. The van der Waals surface area contributed by atoms with Crippen LogP contribution in [0.5, 0.6) is 5.06 Å². The third kappa shape index (κ3) is 1.63. The third-order valence-corrected chi connectivity index (χ3v) is 1.78. The Bertz CT molecular complexity index is 138. The molecule has 0 unspecified atom stereocenters. The predicted octanol–water partition coefficient (Wildman–Crippen LogP) is 2.52. The fraction of sp³-hybridized carbons (Fsp3) is 0.200. The zero-order valence-electron chi connectivity index (χ0n) is 4.13. The number of alkyl halides is 1. The van der Waals surface area contributed by atoms with Gasteiger partial charge in [-0.1, -0.05) is 0 Å². The Morgan fingerprint density at radius 2 is 2.62 bits per heavy atom. The molecule has 1 aromatic rings. The van der Waals surface area contributed by atoms with Gasteiger partial charge in [0.05, 0.1) is 0 Å². The first kappa shape index (κ1) is 6.35. The molecule has 0 spiro atoms. The zero-order valence-corrected chi connectivity index (χ0v) is 7.11. The van der Waals surface area contributed by atoms with Crippen molar-refractivity contribution in [2.24, 2.45) is 0 Å². The quantitative estimate of drug-likeness (QED) is 0.570. The molecule has 1 heterocycles. The molecular formula is C5H5IOS. The van der Waals surface area contributed by atoms with Gasteiger partial charge in [0.25, 0.3) is 0 Å². The maximum absolute atomic E-state index is 5.15. The van der Waals surface area contributed by atoms with Crippen LogP contribution in [0.15, 0.2) is 17.5 Å². The summed E-state index contributed by atoms with van der Waals surface area (Å²) in [6.07, 6.45) is 0. The first-order valence-corrected chi connectivity index (χ1v) is 4.56. The molecule has 44 valence electrons. The van der Waals surface area contributed by atoms with Gasteiger partial charge in [0.2, 0.25) is 0 Å². The van der Waals surface area contributed by atoms with Crippen LogP contribution < -0.4 is 4.74 Å². The fourth-order valence-corrected chi connectivity index (χ4v) is 1.52. The topological polar surface area (TPSA) is 9.23 Å². The molecule has 3 heteroatoms. The van der Waals surface area contributed by atoms with E-state index < -0.39 is 0 Å². The van der Waals surface area contributed by atoms with Crippen LogP contribution in [0.4, 0.5) is 0 Å². The largest absolute Gasteiger partial charge is 0.474 e. The Morgan fingerprint density at radius 3 is 3.12 bits per heavy atom. The van der Waals surface area contributed by atoms with Crippen molar-refractivity contribution < 1.29 is 4.74 Å². The van der Waals surface area contributed by atoms with Crippen molar-refractivity contribution in [3.8, 4) is 5.06 Å². The molecule has 0 aliphatic heterocycles. The first-order valence-electron chi connectivity index (χ1n) is 2.16. The second kappa shape index (κ2) is 3.29. The number of thiophene rings is 1. The average molecular weight is 240 g/mol. The average Bonchev–Trinajstić information content (AvgIpc) is 2.19. The van der Waals surface area contributed by atoms with Gasteiger partial charge in [-0.2, -0.15) is 0 Å². The highest BCUT2D eigenvalue weighted by Crippen LogP contribution is 2.18. The molecule has 0 amide bonds. The van der Waals surface area contributed by atoms with E-state index in [1.165, 1.54) is 0 Å². The Balaban J connectivity index is 2.50. The summed E-state index contributed by atoms with van der Waals surface area (Å²) < 4.78 is 5.89. The van der Waals surface area contributed by atoms with Crippen LogP contribution in [0.3, 0.4) is 0 Å². The molecule has 0 radical (unpaired) electrons. The molecule has 1 nitrogen and oxygen atoms in total. The summed E-state index contributed by atoms with van der Waals surface area (Å²) in [6.45, 7) is 0. The van der Waals surface area contributed by atoms with E-state index in [2.05, 4.69) is 22.6 Å². The highest BCUT2D eigenvalue weighted by Gasteiger charge is 1.87. The molecule has 1 aromatic heterocycles. The van der Waals surface area contributed by atoms with Crippen LogP contribution in [0, 0.1) is 0 Å². The lowest BCUT2D eigenvalue weighted by Crippen LogP contribution is -1.82. The summed E-state index contributed by atoms with van der Waals surface area (Å²) in [6, 6.07) is 3.94. The van der Waals surface area contributed by atoms with Crippen LogP contribution in [0.1, 0.15) is 0 Å². The Labute approximate surface area is 65.8 Å². The summed E-state index contributed by atoms with van der Waals surface area (Å²) in [5.41, 5.74) is 0. The molecule has 0 aliphatic rings. The SMILES string of the molecule is ICOc1cccs1. The highest BCUT2D eigenvalue weighted by molar-refractivity contribution is 14.1. The molecule has 0 aromatic carbocycles. The van der Waals surface area contributed by atoms with E-state index in [0.29, 0.717) is 0 Å². The summed E-state index contributed by atoms with van der Waals surface area (Å²) in [5.74, 6) is 0. The van der Waals surface area contributed by atoms with Crippen LogP contribution >= 0.6 is 33.9 Å². The number of hydrogen-bond acceptors (Lipinski definition) is 2. The van der Waals surface area contributed by atoms with Crippen LogP contribution in [-0.4, -0.2) is 4.61 Å². The first-order chi connectivity index (χ1) is 3.93. The molecule has 0 atom stereocenters. The van der Waals surface area contributed by atoms with Crippen molar-refractivity contribution in [1.82, 2.24) is 0 Å². The smallest absolute Gasteiger partial charge is 0.174 e. The van der Waals surface area contributed by atoms with Crippen LogP contribution in [0.25, 0.3) is 0 Å². The van der Waals surface area contributed by atoms with Gasteiger partial charge in [-0.25, -0.2) is 0 Å². The molecular weight excluding hydrogens is 235 g/mol. The number of hydrogen-bond donors (Lipinski definition) is 0. The van der Waals surface area contributed by atoms with Crippen molar-refractivity contribution in [3.05, 3.63) is 17.5 Å². The Kier molecular flexibility index (Phi) is 2.62. The molecule has 0 bridgehead atoms. The second-order valence-corrected chi connectivity index (χ2v) is 2.72. The van der Waals surface area contributed by atoms with Gasteiger partial charge in [0.1, 0.15) is 4.61 Å². The van der Waals surface area contributed by atoms with Crippen molar-refractivity contribution in [1.29, 1.82) is 0 Å². The molecule has 0 fully saturated rings. The van der Waals surface area contributed by atoms with Gasteiger partial charge in [-0.05, 0) is 40.1 Å². The fourth-order valence-electron chi connectivity index (χ4n) is 0.399. The van der Waals surface area contributed by atoms with Gasteiger partial charge in [0, 0.05) is 0 Å². The monoisotopic (exact) mass is 240 g/mol. The van der Waals surface area contributed by atoms with Gasteiger partial charge in [-0.15, -0.1) is 11.3 Å². The van der Waals surface area contributed by atoms with E-state index in [1.807, 2.05) is 17.5 Å². The maximum Gasteiger partial charge on any atom is 0.174 e. The van der Waals surface area contributed by atoms with E-state index in [1.54, 1.807) is 11.3 Å². The van der Waals surface area contributed by atoms with Gasteiger partial charge in [-0.3, -0.25) is 0 Å². The predicted molar refractivity (Wildman–Crippen MR) is 43.8 cm³/mol. The van der Waals surface area contributed by atoms with Crippen molar-refractivity contribution in [2.75, 3.05) is 4.61 Å². The third-order valence-electron chi connectivity index (χ3n) is 0.692. The molecule has 0 saturated heterocycles. The van der Waals surface area contributed by atoms with Crippen LogP contribution in [0.2, 0.25) is 0 Å². The van der Waals surface area contributed by atoms with Gasteiger partial charge < -0.3 is 4.74 Å². The summed E-state index contributed by atoms with van der Waals surface area (Å²) >= 11 is 3.79. The maximum atomic E-state index is 5.15. The minimum Gasteiger partial charge on any atom is -0.474 e. The summed E-state index contributed by atoms with van der Waals surface area (Å²) in [4.78, 5) is 0. The van der Waals surface area contributed by atoms with E-state index in [-0.39, 0.29) is 0 Å². The lowest BCUT2D eigenvalue weighted by molar-refractivity contribution is 0.416. The van der Waals surface area contributed by atoms with Gasteiger partial charge in [0.15, 0.2) is 5.06 Å². The van der Waals surface area contributed by atoms with Crippen LogP contribution in [-0.2, 0) is 0 Å². The summed E-state index contributed by atoms with van der Waals surface area (Å²) in [7, 11) is 0. The zero-order chi connectivity index (χ0) is 5.82. The van der Waals surface area contributed by atoms with Gasteiger partial charge >= 0.3 is 0 Å². The Hall–Kier alpha value is 0.230. The summed E-state index contributed by atoms with van der Waals surface area (Å²) in [5, 5.41) is 3.00. The number of ether oxygens (including phenoxy) is 1. The standard InChI is InChI=1S/C5H5IOS/c6-4-7-5-2-1-3-8-5/h1-3H,4H2. The molecule has 8 heavy (non-hydrogen) atoms. The molecule has 0 N–H and O–H groups in total. The molecule has 1 rings (SSSR count). The number of rotatable bonds is 2. The molecule has 0 saturated carbocycles. The lowest BCUT2D eigenvalue weighted by Gasteiger charge is -1.92. The Morgan fingerprint density at radius 1 is 1.75 bits per heavy atom. The van der Waals surface area contributed by atoms with E-state index in [4.69, 9.17) is 4.74 Å². The van der Waals surface area contributed by atoms with E-state index >= 15 is 0 Å². The minimum absolute atomic E-state index is 0.734. The lowest BCUT2D eigenvalue weighted by atomic mass is 10.7. The normalized spacial score (nSPS) is 9.12. The van der Waals surface area contributed by atoms with Crippen molar-refractivity contribution >= 4 is 33.9 Å². The van der Waals surface area contributed by atoms with Crippen molar-refractivity contribution in [2.45, 2.75) is 0 Å². The highest BCUT2D eigenvalue weighted by atomic mass is 127. The number of halogens is 1. The van der Waals surface area contributed by atoms with E-state index in [0.717, 1.165) is 9.68 Å². The second-order valence-electron chi connectivity index (χ2n) is 1.19.